The van der Waals surface area contributed by atoms with Crippen molar-refractivity contribution in [1.82, 2.24) is 9.55 Å². The highest BCUT2D eigenvalue weighted by atomic mass is 19.1. The number of aromatic nitrogens is 2. The molecule has 0 saturated heterocycles. The van der Waals surface area contributed by atoms with Gasteiger partial charge in [0, 0.05) is 17.8 Å². The number of hydrogen-bond donors (Lipinski definition) is 0. The monoisotopic (exact) mass is 383 g/mol. The van der Waals surface area contributed by atoms with Crippen molar-refractivity contribution >= 4 is 11.7 Å². The standard InChI is InChI=1S/C20H15F2N3O3/c1-4-28-20(26)17-11-25(13-6-8-18(27-3)15(22)10-13)19(24-17)12-5-7-16(23-2)14(21)9-12/h5-11H,4H2,1,3H3. The summed E-state index contributed by atoms with van der Waals surface area (Å²) in [5, 5.41) is 0. The molecule has 0 atom stereocenters. The Hall–Kier alpha value is -3.73. The van der Waals surface area contributed by atoms with Gasteiger partial charge in [0.05, 0.1) is 26.0 Å². The van der Waals surface area contributed by atoms with E-state index < -0.39 is 17.6 Å². The van der Waals surface area contributed by atoms with Crippen LogP contribution in [0.15, 0.2) is 42.6 Å². The molecule has 1 aromatic heterocycles. The second-order valence-electron chi connectivity index (χ2n) is 5.64. The average Bonchev–Trinajstić information content (AvgIpc) is 3.13. The van der Waals surface area contributed by atoms with E-state index >= 15 is 0 Å². The summed E-state index contributed by atoms with van der Waals surface area (Å²) in [6.07, 6.45) is 1.38. The van der Waals surface area contributed by atoms with Gasteiger partial charge in [0.1, 0.15) is 11.6 Å². The van der Waals surface area contributed by atoms with Crippen LogP contribution in [0.2, 0.25) is 0 Å². The molecule has 0 unspecified atom stereocenters. The number of ether oxygens (including phenoxy) is 2. The molecule has 0 amide bonds. The van der Waals surface area contributed by atoms with Gasteiger partial charge in [0.25, 0.3) is 0 Å². The second kappa shape index (κ2) is 7.88. The van der Waals surface area contributed by atoms with Gasteiger partial charge in [-0.1, -0.05) is 12.1 Å². The molecule has 6 nitrogen and oxygen atoms in total. The summed E-state index contributed by atoms with van der Waals surface area (Å²) in [7, 11) is 1.35. The van der Waals surface area contributed by atoms with Crippen LogP contribution in [-0.2, 0) is 4.74 Å². The van der Waals surface area contributed by atoms with E-state index in [2.05, 4.69) is 9.83 Å². The van der Waals surface area contributed by atoms with Crippen LogP contribution in [0, 0.1) is 18.2 Å². The van der Waals surface area contributed by atoms with Gasteiger partial charge in [-0.25, -0.2) is 23.4 Å². The van der Waals surface area contributed by atoms with Gasteiger partial charge >= 0.3 is 5.97 Å². The van der Waals surface area contributed by atoms with E-state index in [1.807, 2.05) is 0 Å². The van der Waals surface area contributed by atoms with Crippen LogP contribution in [0.4, 0.5) is 14.5 Å². The fraction of sp³-hybridized carbons (Fsp3) is 0.150. The number of benzene rings is 2. The van der Waals surface area contributed by atoms with Gasteiger partial charge in [-0.05, 0) is 25.1 Å². The van der Waals surface area contributed by atoms with Crippen LogP contribution in [0.5, 0.6) is 5.75 Å². The summed E-state index contributed by atoms with van der Waals surface area (Å²) in [6, 6.07) is 8.18. The third-order valence-electron chi connectivity index (χ3n) is 3.93. The van der Waals surface area contributed by atoms with Crippen molar-refractivity contribution in [3.05, 3.63) is 71.3 Å². The van der Waals surface area contributed by atoms with Crippen molar-refractivity contribution < 1.29 is 23.0 Å². The molecule has 0 aliphatic heterocycles. The lowest BCUT2D eigenvalue weighted by atomic mass is 10.1. The number of hydrogen-bond acceptors (Lipinski definition) is 4. The highest BCUT2D eigenvalue weighted by Gasteiger charge is 2.19. The molecule has 0 aliphatic rings. The molecule has 0 aliphatic carbocycles. The molecule has 8 heteroatoms. The predicted molar refractivity (Wildman–Crippen MR) is 97.7 cm³/mol. The van der Waals surface area contributed by atoms with Crippen LogP contribution in [0.3, 0.4) is 0 Å². The van der Waals surface area contributed by atoms with Crippen molar-refractivity contribution in [3.63, 3.8) is 0 Å². The smallest absolute Gasteiger partial charge is 0.358 e. The lowest BCUT2D eigenvalue weighted by Gasteiger charge is -2.10. The largest absolute Gasteiger partial charge is 0.494 e. The van der Waals surface area contributed by atoms with E-state index in [1.54, 1.807) is 13.0 Å². The predicted octanol–water partition coefficient (Wildman–Crippen LogP) is 4.55. The maximum atomic E-state index is 14.2. The quantitative estimate of drug-likeness (QED) is 0.479. The summed E-state index contributed by atoms with van der Waals surface area (Å²) in [5.74, 6) is -1.73. The minimum absolute atomic E-state index is 0.0114. The zero-order valence-electron chi connectivity index (χ0n) is 15.1. The maximum Gasteiger partial charge on any atom is 0.358 e. The third kappa shape index (κ3) is 3.55. The van der Waals surface area contributed by atoms with E-state index in [-0.39, 0.29) is 29.6 Å². The molecule has 1 heterocycles. The summed E-state index contributed by atoms with van der Waals surface area (Å²) in [4.78, 5) is 19.4. The SMILES string of the molecule is [C-]#[N+]c1ccc(-c2nc(C(=O)OCC)cn2-c2ccc(OC)c(F)c2)cc1F. The van der Waals surface area contributed by atoms with Crippen LogP contribution in [0.1, 0.15) is 17.4 Å². The summed E-state index contributed by atoms with van der Waals surface area (Å²) >= 11 is 0. The first-order valence-corrected chi connectivity index (χ1v) is 8.26. The van der Waals surface area contributed by atoms with E-state index in [9.17, 15) is 13.6 Å². The first-order chi connectivity index (χ1) is 13.5. The molecule has 3 aromatic rings. The summed E-state index contributed by atoms with van der Waals surface area (Å²) in [6.45, 7) is 8.77. The Morgan fingerprint density at radius 2 is 2.00 bits per heavy atom. The third-order valence-corrected chi connectivity index (χ3v) is 3.93. The molecular weight excluding hydrogens is 368 g/mol. The minimum Gasteiger partial charge on any atom is -0.494 e. The Morgan fingerprint density at radius 3 is 2.61 bits per heavy atom. The van der Waals surface area contributed by atoms with Crippen LogP contribution in [-0.4, -0.2) is 29.2 Å². The number of methoxy groups -OCH3 is 1. The maximum absolute atomic E-state index is 14.2. The molecule has 0 radical (unpaired) electrons. The van der Waals surface area contributed by atoms with Crippen molar-refractivity contribution in [2.45, 2.75) is 6.92 Å². The van der Waals surface area contributed by atoms with Gasteiger partial charge in [-0.3, -0.25) is 4.57 Å². The Labute approximate surface area is 159 Å². The molecule has 142 valence electrons. The number of nitrogens with zero attached hydrogens (tertiary/aromatic N) is 3. The number of imidazole rings is 1. The van der Waals surface area contributed by atoms with Crippen LogP contribution >= 0.6 is 0 Å². The average molecular weight is 383 g/mol. The number of esters is 1. The van der Waals surface area contributed by atoms with Crippen LogP contribution < -0.4 is 4.74 Å². The zero-order valence-corrected chi connectivity index (χ0v) is 15.1. The highest BCUT2D eigenvalue weighted by molar-refractivity contribution is 5.88. The second-order valence-corrected chi connectivity index (χ2v) is 5.64. The molecule has 28 heavy (non-hydrogen) atoms. The molecule has 0 spiro atoms. The van der Waals surface area contributed by atoms with Gasteiger partial charge < -0.3 is 9.47 Å². The fourth-order valence-electron chi connectivity index (χ4n) is 2.63. The van der Waals surface area contributed by atoms with Gasteiger partial charge in [0.15, 0.2) is 17.3 Å². The van der Waals surface area contributed by atoms with Crippen molar-refractivity contribution in [1.29, 1.82) is 0 Å². The van der Waals surface area contributed by atoms with E-state index in [0.717, 1.165) is 6.07 Å². The molecule has 0 saturated carbocycles. The number of carbonyl (C=O) groups is 1. The van der Waals surface area contributed by atoms with Gasteiger partial charge in [-0.2, -0.15) is 0 Å². The molecule has 0 bridgehead atoms. The topological polar surface area (TPSA) is 57.7 Å². The normalized spacial score (nSPS) is 10.4. The van der Waals surface area contributed by atoms with Crippen molar-refractivity contribution in [2.24, 2.45) is 0 Å². The van der Waals surface area contributed by atoms with Crippen LogP contribution in [0.25, 0.3) is 21.9 Å². The van der Waals surface area contributed by atoms with Crippen molar-refractivity contribution in [3.8, 4) is 22.8 Å². The highest BCUT2D eigenvalue weighted by Crippen LogP contribution is 2.29. The lowest BCUT2D eigenvalue weighted by molar-refractivity contribution is 0.0520. The van der Waals surface area contributed by atoms with Gasteiger partial charge in [0.2, 0.25) is 5.69 Å². The number of carbonyl (C=O) groups excluding carboxylic acids is 1. The Morgan fingerprint density at radius 1 is 1.21 bits per heavy atom. The molecule has 3 rings (SSSR count). The molecule has 0 N–H and O–H groups in total. The summed E-state index contributed by atoms with van der Waals surface area (Å²) < 4.78 is 39.6. The van der Waals surface area contributed by atoms with Crippen molar-refractivity contribution in [2.75, 3.05) is 13.7 Å². The van der Waals surface area contributed by atoms with E-state index in [0.29, 0.717) is 11.3 Å². The summed E-state index contributed by atoms with van der Waals surface area (Å²) in [5.41, 5.74) is 0.522. The number of rotatable bonds is 5. The first-order valence-electron chi connectivity index (χ1n) is 8.26. The first kappa shape index (κ1) is 19.0. The molecule has 2 aromatic carbocycles. The van der Waals surface area contributed by atoms with E-state index in [4.69, 9.17) is 16.0 Å². The Bertz CT molecular complexity index is 1090. The zero-order chi connectivity index (χ0) is 20.3. The van der Waals surface area contributed by atoms with E-state index in [1.165, 1.54) is 42.1 Å². The fourth-order valence-corrected chi connectivity index (χ4v) is 2.63. The Kier molecular flexibility index (Phi) is 5.36. The van der Waals surface area contributed by atoms with Gasteiger partial charge in [-0.15, -0.1) is 0 Å². The molecule has 0 fully saturated rings. The Balaban J connectivity index is 2.18. The number of halogens is 2. The minimum atomic E-state index is -0.722. The lowest BCUT2D eigenvalue weighted by Crippen LogP contribution is -2.04. The molecular formula is C20H15F2N3O3.